The first-order valence-electron chi connectivity index (χ1n) is 7.29. The van der Waals surface area contributed by atoms with Crippen LogP contribution in [0.5, 0.6) is 0 Å². The molecule has 118 valence electrons. The number of aliphatic hydroxyl groups is 1. The molecule has 0 bridgehead atoms. The number of nitrogens with one attached hydrogen (secondary N) is 1. The molecule has 1 atom stereocenters. The molecule has 2 N–H and O–H groups in total. The first-order valence-corrected chi connectivity index (χ1v) is 8.11. The van der Waals surface area contributed by atoms with Crippen molar-refractivity contribution in [2.24, 2.45) is 0 Å². The summed E-state index contributed by atoms with van der Waals surface area (Å²) in [5.74, 6) is -0.0593. The number of aliphatic hydroxyl groups excluding tert-OH is 1. The third-order valence-corrected chi connectivity index (χ3v) is 4.69. The Balaban J connectivity index is 1.88. The van der Waals surface area contributed by atoms with Crippen LogP contribution in [0.25, 0.3) is 0 Å². The molecule has 2 rings (SSSR count). The van der Waals surface area contributed by atoms with Crippen LogP contribution in [-0.4, -0.2) is 31.7 Å². The van der Waals surface area contributed by atoms with Crippen LogP contribution < -0.4 is 10.2 Å². The molecule has 0 aliphatic rings. The maximum Gasteiger partial charge on any atom is 0.251 e. The van der Waals surface area contributed by atoms with E-state index in [9.17, 15) is 9.90 Å². The van der Waals surface area contributed by atoms with Gasteiger partial charge in [-0.3, -0.25) is 4.79 Å². The molecule has 1 aromatic heterocycles. The van der Waals surface area contributed by atoms with Gasteiger partial charge in [-0.05, 0) is 43.7 Å². The normalized spacial score (nSPS) is 12.0. The van der Waals surface area contributed by atoms with E-state index in [1.54, 1.807) is 18.3 Å². The molecule has 22 heavy (non-hydrogen) atoms. The van der Waals surface area contributed by atoms with Gasteiger partial charge in [-0.2, -0.15) is 0 Å². The third-order valence-electron chi connectivity index (χ3n) is 3.38. The van der Waals surface area contributed by atoms with Crippen molar-refractivity contribution in [3.63, 3.8) is 0 Å². The highest BCUT2D eigenvalue weighted by atomic mass is 32.1. The molecule has 1 aromatic carbocycles. The fourth-order valence-electron chi connectivity index (χ4n) is 2.08. The summed E-state index contributed by atoms with van der Waals surface area (Å²) in [4.78, 5) is 16.3. The van der Waals surface area contributed by atoms with Gasteiger partial charge in [0.1, 0.15) is 0 Å². The summed E-state index contributed by atoms with van der Waals surface area (Å²) in [6.45, 7) is 2.35. The molecule has 0 fully saturated rings. The summed E-state index contributed by atoms with van der Waals surface area (Å²) >= 11 is 1.59. The zero-order valence-electron chi connectivity index (χ0n) is 13.2. The lowest BCUT2D eigenvalue weighted by Gasteiger charge is -2.13. The lowest BCUT2D eigenvalue weighted by atomic mass is 10.2. The average molecular weight is 318 g/mol. The van der Waals surface area contributed by atoms with Gasteiger partial charge in [0.2, 0.25) is 0 Å². The maximum atomic E-state index is 12.2. The minimum atomic E-state index is -0.429. The van der Waals surface area contributed by atoms with Crippen LogP contribution in [-0.2, 0) is 6.42 Å². The Bertz CT molecular complexity index is 635. The molecule has 4 nitrogen and oxygen atoms in total. The number of hydrogen-bond acceptors (Lipinski definition) is 4. The van der Waals surface area contributed by atoms with E-state index >= 15 is 0 Å². The van der Waals surface area contributed by atoms with E-state index in [0.717, 1.165) is 17.0 Å². The third kappa shape index (κ3) is 4.32. The molecule has 5 heteroatoms. The molecule has 2 aromatic rings. The summed E-state index contributed by atoms with van der Waals surface area (Å²) in [5.41, 5.74) is 1.68. The van der Waals surface area contributed by atoms with Gasteiger partial charge < -0.3 is 15.3 Å². The van der Waals surface area contributed by atoms with Crippen molar-refractivity contribution >= 4 is 22.9 Å². The van der Waals surface area contributed by atoms with E-state index in [4.69, 9.17) is 0 Å². The molecule has 0 aliphatic heterocycles. The predicted octanol–water partition coefficient (Wildman–Crippen LogP) is 2.84. The highest BCUT2D eigenvalue weighted by Crippen LogP contribution is 2.23. The molecule has 0 aliphatic carbocycles. The standard InChI is InChI=1S/C17H22N2O2S/c1-12(20)16-8-7-15(22-16)9-10-18-17(21)13-5-4-6-14(11-13)19(2)3/h4-8,11-12,20H,9-10H2,1-3H3,(H,18,21). The van der Waals surface area contributed by atoms with Gasteiger partial charge in [0.05, 0.1) is 6.10 Å². The summed E-state index contributed by atoms with van der Waals surface area (Å²) < 4.78 is 0. The van der Waals surface area contributed by atoms with Gasteiger partial charge in [0.15, 0.2) is 0 Å². The van der Waals surface area contributed by atoms with Crippen molar-refractivity contribution in [2.45, 2.75) is 19.4 Å². The van der Waals surface area contributed by atoms with Crippen LogP contribution in [0, 0.1) is 0 Å². The molecular weight excluding hydrogens is 296 g/mol. The molecular formula is C17H22N2O2S. The monoisotopic (exact) mass is 318 g/mol. The van der Waals surface area contributed by atoms with Crippen LogP contribution in [0.1, 0.15) is 33.1 Å². The lowest BCUT2D eigenvalue weighted by molar-refractivity contribution is 0.0954. The van der Waals surface area contributed by atoms with Crippen LogP contribution in [0.2, 0.25) is 0 Å². The van der Waals surface area contributed by atoms with Crippen molar-refractivity contribution in [2.75, 3.05) is 25.5 Å². The van der Waals surface area contributed by atoms with E-state index in [2.05, 4.69) is 5.32 Å². The minimum absolute atomic E-state index is 0.0593. The summed E-state index contributed by atoms with van der Waals surface area (Å²) in [5, 5.41) is 12.4. The number of anilines is 1. The van der Waals surface area contributed by atoms with Gasteiger partial charge >= 0.3 is 0 Å². The van der Waals surface area contributed by atoms with Crippen molar-refractivity contribution in [3.05, 3.63) is 51.7 Å². The largest absolute Gasteiger partial charge is 0.388 e. The molecule has 0 radical (unpaired) electrons. The second-order valence-corrected chi connectivity index (χ2v) is 6.63. The van der Waals surface area contributed by atoms with Gasteiger partial charge in [0.25, 0.3) is 5.91 Å². The van der Waals surface area contributed by atoms with E-state index in [1.165, 1.54) is 4.88 Å². The number of rotatable bonds is 6. The maximum absolute atomic E-state index is 12.2. The minimum Gasteiger partial charge on any atom is -0.388 e. The first kappa shape index (κ1) is 16.5. The van der Waals surface area contributed by atoms with Gasteiger partial charge in [-0.1, -0.05) is 6.07 Å². The molecule has 1 heterocycles. The highest BCUT2D eigenvalue weighted by molar-refractivity contribution is 7.12. The Labute approximate surface area is 135 Å². The Morgan fingerprint density at radius 3 is 2.73 bits per heavy atom. The van der Waals surface area contributed by atoms with Gasteiger partial charge in [0, 0.05) is 41.6 Å². The molecule has 0 saturated heterocycles. The van der Waals surface area contributed by atoms with E-state index in [1.807, 2.05) is 55.4 Å². The van der Waals surface area contributed by atoms with Crippen LogP contribution in [0.15, 0.2) is 36.4 Å². The van der Waals surface area contributed by atoms with Crippen LogP contribution in [0.4, 0.5) is 5.69 Å². The summed E-state index contributed by atoms with van der Waals surface area (Å²) in [6.07, 6.45) is 0.346. The number of carbonyl (C=O) groups is 1. The highest BCUT2D eigenvalue weighted by Gasteiger charge is 2.08. The molecule has 0 saturated carbocycles. The fraction of sp³-hybridized carbons (Fsp3) is 0.353. The molecule has 1 amide bonds. The Morgan fingerprint density at radius 1 is 1.32 bits per heavy atom. The number of hydrogen-bond donors (Lipinski definition) is 2. The van der Waals surface area contributed by atoms with Crippen molar-refractivity contribution in [1.82, 2.24) is 5.32 Å². The second kappa shape index (κ2) is 7.42. The van der Waals surface area contributed by atoms with E-state index < -0.39 is 6.10 Å². The zero-order chi connectivity index (χ0) is 16.1. The van der Waals surface area contributed by atoms with Crippen LogP contribution >= 0.6 is 11.3 Å². The van der Waals surface area contributed by atoms with Gasteiger partial charge in [-0.25, -0.2) is 0 Å². The fourth-order valence-corrected chi connectivity index (χ4v) is 3.03. The average Bonchev–Trinajstić information content (AvgIpc) is 2.96. The van der Waals surface area contributed by atoms with Crippen molar-refractivity contribution < 1.29 is 9.90 Å². The van der Waals surface area contributed by atoms with Crippen LogP contribution in [0.3, 0.4) is 0 Å². The number of carbonyl (C=O) groups excluding carboxylic acids is 1. The van der Waals surface area contributed by atoms with Gasteiger partial charge in [-0.15, -0.1) is 11.3 Å². The van der Waals surface area contributed by atoms with Crippen molar-refractivity contribution in [3.8, 4) is 0 Å². The first-order chi connectivity index (χ1) is 10.5. The van der Waals surface area contributed by atoms with E-state index in [0.29, 0.717) is 12.1 Å². The number of benzene rings is 1. The quantitative estimate of drug-likeness (QED) is 0.861. The number of amides is 1. The lowest BCUT2D eigenvalue weighted by Crippen LogP contribution is -2.25. The Morgan fingerprint density at radius 2 is 2.09 bits per heavy atom. The summed E-state index contributed by atoms with van der Waals surface area (Å²) in [6, 6.07) is 11.5. The zero-order valence-corrected chi connectivity index (χ0v) is 14.0. The SMILES string of the molecule is CC(O)c1ccc(CCNC(=O)c2cccc(N(C)C)c2)s1. The number of nitrogens with zero attached hydrogens (tertiary/aromatic N) is 1. The topological polar surface area (TPSA) is 52.6 Å². The number of thiophene rings is 1. The molecule has 1 unspecified atom stereocenters. The molecule has 0 spiro atoms. The smallest absolute Gasteiger partial charge is 0.251 e. The Kier molecular flexibility index (Phi) is 5.57. The Hall–Kier alpha value is -1.85. The van der Waals surface area contributed by atoms with E-state index in [-0.39, 0.29) is 5.91 Å². The van der Waals surface area contributed by atoms with Crippen molar-refractivity contribution in [1.29, 1.82) is 0 Å². The predicted molar refractivity (Wildman–Crippen MR) is 91.8 cm³/mol. The summed E-state index contributed by atoms with van der Waals surface area (Å²) in [7, 11) is 3.90. The second-order valence-electron chi connectivity index (χ2n) is 5.43.